The summed E-state index contributed by atoms with van der Waals surface area (Å²) < 4.78 is 0. The van der Waals surface area contributed by atoms with E-state index >= 15 is 0 Å². The Morgan fingerprint density at radius 1 is 0.875 bits per heavy atom. The number of benzene rings is 2. The van der Waals surface area contributed by atoms with Gasteiger partial charge in [-0.3, -0.25) is 0 Å². The van der Waals surface area contributed by atoms with Crippen molar-refractivity contribution in [2.24, 2.45) is 0 Å². The first-order valence-electron chi connectivity index (χ1n) is 5.20. The molecule has 0 aromatic heterocycles. The SMILES string of the molecule is Cc1cc(C)cc(-c2ccc(N)c(Cl)c2)c1. The zero-order valence-electron chi connectivity index (χ0n) is 9.42. The maximum atomic E-state index is 6.02. The molecule has 0 saturated heterocycles. The van der Waals surface area contributed by atoms with Crippen LogP contribution >= 0.6 is 11.6 Å². The predicted octanol–water partition coefficient (Wildman–Crippen LogP) is 4.21. The molecule has 0 aliphatic carbocycles. The van der Waals surface area contributed by atoms with E-state index in [1.165, 1.54) is 16.7 Å². The highest BCUT2D eigenvalue weighted by molar-refractivity contribution is 6.33. The van der Waals surface area contributed by atoms with Crippen LogP contribution in [-0.2, 0) is 0 Å². The Bertz CT molecular complexity index is 512. The largest absolute Gasteiger partial charge is 0.398 e. The first-order chi connectivity index (χ1) is 7.56. The molecule has 2 rings (SSSR count). The molecule has 0 saturated carbocycles. The van der Waals surface area contributed by atoms with Gasteiger partial charge in [-0.1, -0.05) is 47.0 Å². The Morgan fingerprint density at radius 3 is 2.06 bits per heavy atom. The number of rotatable bonds is 1. The topological polar surface area (TPSA) is 26.0 Å². The Hall–Kier alpha value is -1.47. The van der Waals surface area contributed by atoms with E-state index in [9.17, 15) is 0 Å². The number of anilines is 1. The standard InChI is InChI=1S/C14H14ClN/c1-9-5-10(2)7-12(6-9)11-3-4-14(16)13(15)8-11/h3-8H,16H2,1-2H3. The lowest BCUT2D eigenvalue weighted by atomic mass is 10.0. The number of hydrogen-bond donors (Lipinski definition) is 1. The first-order valence-corrected chi connectivity index (χ1v) is 5.58. The molecule has 0 unspecified atom stereocenters. The normalized spacial score (nSPS) is 10.4. The van der Waals surface area contributed by atoms with Gasteiger partial charge in [-0.2, -0.15) is 0 Å². The molecule has 0 heterocycles. The lowest BCUT2D eigenvalue weighted by molar-refractivity contribution is 1.38. The maximum Gasteiger partial charge on any atom is 0.0641 e. The number of nitrogens with two attached hydrogens (primary N) is 1. The number of halogens is 1. The lowest BCUT2D eigenvalue weighted by Crippen LogP contribution is -1.87. The zero-order chi connectivity index (χ0) is 11.7. The second-order valence-corrected chi connectivity index (χ2v) is 4.52. The van der Waals surface area contributed by atoms with Crippen molar-refractivity contribution in [3.05, 3.63) is 52.5 Å². The summed E-state index contributed by atoms with van der Waals surface area (Å²) in [6.07, 6.45) is 0. The molecule has 2 aromatic carbocycles. The van der Waals surface area contributed by atoms with Crippen LogP contribution in [0.2, 0.25) is 5.02 Å². The van der Waals surface area contributed by atoms with Crippen LogP contribution < -0.4 is 5.73 Å². The number of nitrogen functional groups attached to an aromatic ring is 1. The third-order valence-corrected chi connectivity index (χ3v) is 2.88. The highest BCUT2D eigenvalue weighted by atomic mass is 35.5. The van der Waals surface area contributed by atoms with E-state index in [1.807, 2.05) is 18.2 Å². The van der Waals surface area contributed by atoms with E-state index in [-0.39, 0.29) is 0 Å². The van der Waals surface area contributed by atoms with E-state index in [1.54, 1.807) is 0 Å². The zero-order valence-corrected chi connectivity index (χ0v) is 10.2. The summed E-state index contributed by atoms with van der Waals surface area (Å²) in [6.45, 7) is 4.19. The molecule has 0 spiro atoms. The summed E-state index contributed by atoms with van der Waals surface area (Å²) in [7, 11) is 0. The minimum Gasteiger partial charge on any atom is -0.398 e. The van der Waals surface area contributed by atoms with Gasteiger partial charge in [-0.05, 0) is 37.1 Å². The fraction of sp³-hybridized carbons (Fsp3) is 0.143. The van der Waals surface area contributed by atoms with Crippen LogP contribution in [0, 0.1) is 13.8 Å². The minimum atomic E-state index is 0.608. The van der Waals surface area contributed by atoms with Crippen LogP contribution in [0.1, 0.15) is 11.1 Å². The summed E-state index contributed by atoms with van der Waals surface area (Å²) in [6, 6.07) is 12.2. The van der Waals surface area contributed by atoms with Gasteiger partial charge in [0.2, 0.25) is 0 Å². The maximum absolute atomic E-state index is 6.02. The fourth-order valence-corrected chi connectivity index (χ4v) is 2.03. The molecule has 1 nitrogen and oxygen atoms in total. The van der Waals surface area contributed by atoms with E-state index < -0.39 is 0 Å². The summed E-state index contributed by atoms with van der Waals surface area (Å²) in [5, 5.41) is 0.608. The van der Waals surface area contributed by atoms with Crippen LogP contribution in [-0.4, -0.2) is 0 Å². The molecule has 0 aliphatic heterocycles. The van der Waals surface area contributed by atoms with Gasteiger partial charge in [0.25, 0.3) is 0 Å². The third kappa shape index (κ3) is 2.20. The molecule has 0 atom stereocenters. The second kappa shape index (κ2) is 4.18. The lowest BCUT2D eigenvalue weighted by Gasteiger charge is -2.07. The van der Waals surface area contributed by atoms with Gasteiger partial charge < -0.3 is 5.73 Å². The summed E-state index contributed by atoms with van der Waals surface area (Å²) >= 11 is 6.02. The molecular weight excluding hydrogens is 218 g/mol. The molecule has 2 heteroatoms. The van der Waals surface area contributed by atoms with Gasteiger partial charge in [-0.25, -0.2) is 0 Å². The third-order valence-electron chi connectivity index (χ3n) is 2.56. The van der Waals surface area contributed by atoms with E-state index in [4.69, 9.17) is 17.3 Å². The Balaban J connectivity index is 2.54. The Kier molecular flexibility index (Phi) is 2.88. The second-order valence-electron chi connectivity index (χ2n) is 4.11. The predicted molar refractivity (Wildman–Crippen MR) is 70.8 cm³/mol. The number of hydrogen-bond acceptors (Lipinski definition) is 1. The van der Waals surface area contributed by atoms with Crippen LogP contribution in [0.4, 0.5) is 5.69 Å². The minimum absolute atomic E-state index is 0.608. The molecule has 82 valence electrons. The fourth-order valence-electron chi connectivity index (χ4n) is 1.85. The van der Waals surface area contributed by atoms with Crippen LogP contribution in [0.25, 0.3) is 11.1 Å². The Labute approximate surface area is 101 Å². The summed E-state index contributed by atoms with van der Waals surface area (Å²) in [5.41, 5.74) is 11.1. The van der Waals surface area contributed by atoms with Crippen molar-refractivity contribution in [2.45, 2.75) is 13.8 Å². The molecule has 0 bridgehead atoms. The monoisotopic (exact) mass is 231 g/mol. The molecule has 0 aliphatic rings. The van der Waals surface area contributed by atoms with E-state index in [0.29, 0.717) is 10.7 Å². The summed E-state index contributed by atoms with van der Waals surface area (Å²) in [5.74, 6) is 0. The first kappa shape index (κ1) is 11.0. The summed E-state index contributed by atoms with van der Waals surface area (Å²) in [4.78, 5) is 0. The molecule has 2 N–H and O–H groups in total. The van der Waals surface area contributed by atoms with E-state index in [2.05, 4.69) is 32.0 Å². The van der Waals surface area contributed by atoms with Gasteiger partial charge in [0.1, 0.15) is 0 Å². The van der Waals surface area contributed by atoms with Crippen LogP contribution in [0.5, 0.6) is 0 Å². The average Bonchev–Trinajstić information content (AvgIpc) is 2.20. The highest BCUT2D eigenvalue weighted by Gasteiger charge is 2.02. The molecule has 0 amide bonds. The van der Waals surface area contributed by atoms with Gasteiger partial charge in [0.15, 0.2) is 0 Å². The van der Waals surface area contributed by atoms with Gasteiger partial charge in [0.05, 0.1) is 10.7 Å². The molecule has 2 aromatic rings. The van der Waals surface area contributed by atoms with Gasteiger partial charge in [0, 0.05) is 0 Å². The van der Waals surface area contributed by atoms with Crippen LogP contribution in [0.15, 0.2) is 36.4 Å². The van der Waals surface area contributed by atoms with Gasteiger partial charge in [-0.15, -0.1) is 0 Å². The van der Waals surface area contributed by atoms with Crippen molar-refractivity contribution in [3.63, 3.8) is 0 Å². The van der Waals surface area contributed by atoms with Crippen LogP contribution in [0.3, 0.4) is 0 Å². The Morgan fingerprint density at radius 2 is 1.50 bits per heavy atom. The average molecular weight is 232 g/mol. The molecule has 0 radical (unpaired) electrons. The number of aryl methyl sites for hydroxylation is 2. The van der Waals surface area contributed by atoms with Crippen molar-refractivity contribution >= 4 is 17.3 Å². The van der Waals surface area contributed by atoms with Crippen molar-refractivity contribution < 1.29 is 0 Å². The molecule has 0 fully saturated rings. The quantitative estimate of drug-likeness (QED) is 0.732. The highest BCUT2D eigenvalue weighted by Crippen LogP contribution is 2.28. The smallest absolute Gasteiger partial charge is 0.0641 e. The van der Waals surface area contributed by atoms with Crippen molar-refractivity contribution in [2.75, 3.05) is 5.73 Å². The van der Waals surface area contributed by atoms with Crippen molar-refractivity contribution in [1.82, 2.24) is 0 Å². The van der Waals surface area contributed by atoms with Crippen molar-refractivity contribution in [3.8, 4) is 11.1 Å². The van der Waals surface area contributed by atoms with E-state index in [0.717, 1.165) is 5.56 Å². The van der Waals surface area contributed by atoms with Crippen molar-refractivity contribution in [1.29, 1.82) is 0 Å². The van der Waals surface area contributed by atoms with Gasteiger partial charge >= 0.3 is 0 Å². The molecule has 16 heavy (non-hydrogen) atoms. The molecular formula is C14H14ClN.